The van der Waals surface area contributed by atoms with Gasteiger partial charge in [0.2, 0.25) is 0 Å². The lowest BCUT2D eigenvalue weighted by Gasteiger charge is -2.45. The summed E-state index contributed by atoms with van der Waals surface area (Å²) in [6, 6.07) is 0. The molecule has 2 nitrogen and oxygen atoms in total. The van der Waals surface area contributed by atoms with Gasteiger partial charge in [0, 0.05) is 11.0 Å². The van der Waals surface area contributed by atoms with Gasteiger partial charge in [-0.05, 0) is 38.3 Å². The van der Waals surface area contributed by atoms with Gasteiger partial charge in [0.05, 0.1) is 0 Å². The van der Waals surface area contributed by atoms with Crippen LogP contribution in [0.25, 0.3) is 0 Å². The lowest BCUT2D eigenvalue weighted by atomic mass is 9.65. The zero-order valence-corrected chi connectivity index (χ0v) is 9.89. The lowest BCUT2D eigenvalue weighted by Crippen LogP contribution is -2.47. The van der Waals surface area contributed by atoms with Crippen molar-refractivity contribution in [2.45, 2.75) is 46.1 Å². The van der Waals surface area contributed by atoms with Crippen LogP contribution in [0, 0.1) is 5.41 Å². The van der Waals surface area contributed by atoms with Crippen LogP contribution in [0.1, 0.15) is 40.5 Å². The number of carbonyl (C=O) groups is 1. The van der Waals surface area contributed by atoms with Crippen molar-refractivity contribution in [2.75, 3.05) is 0 Å². The van der Waals surface area contributed by atoms with E-state index in [-0.39, 0.29) is 11.4 Å². The highest BCUT2D eigenvalue weighted by Gasteiger charge is 2.52. The van der Waals surface area contributed by atoms with Crippen LogP contribution >= 0.6 is 0 Å². The van der Waals surface area contributed by atoms with Gasteiger partial charge in [0.15, 0.2) is 5.60 Å². The van der Waals surface area contributed by atoms with E-state index in [9.17, 15) is 4.79 Å². The number of rotatable bonds is 0. The average molecular weight is 206 g/mol. The van der Waals surface area contributed by atoms with E-state index in [4.69, 9.17) is 4.74 Å². The summed E-state index contributed by atoms with van der Waals surface area (Å²) in [4.78, 5) is 11.6. The monoisotopic (exact) mass is 206 g/mol. The summed E-state index contributed by atoms with van der Waals surface area (Å²) >= 11 is 0. The van der Waals surface area contributed by atoms with Crippen molar-refractivity contribution in [3.05, 3.63) is 23.3 Å². The largest absolute Gasteiger partial charge is 0.446 e. The quantitative estimate of drug-likeness (QED) is 0.450. The van der Waals surface area contributed by atoms with E-state index in [2.05, 4.69) is 26.8 Å². The van der Waals surface area contributed by atoms with Crippen molar-refractivity contribution in [1.29, 1.82) is 0 Å². The fourth-order valence-electron chi connectivity index (χ4n) is 2.67. The molecule has 0 bridgehead atoms. The van der Waals surface area contributed by atoms with Crippen molar-refractivity contribution in [3.8, 4) is 0 Å². The van der Waals surface area contributed by atoms with Gasteiger partial charge < -0.3 is 4.74 Å². The molecule has 15 heavy (non-hydrogen) atoms. The SMILES string of the molecule is CC1=CC2(OC1=O)C(C)=CCCC2(C)C. The van der Waals surface area contributed by atoms with Gasteiger partial charge in [-0.25, -0.2) is 4.79 Å². The van der Waals surface area contributed by atoms with Crippen molar-refractivity contribution >= 4 is 5.97 Å². The molecule has 0 amide bonds. The number of carbonyl (C=O) groups excluding carboxylic acids is 1. The Kier molecular flexibility index (Phi) is 2.07. The molecule has 0 aromatic heterocycles. The van der Waals surface area contributed by atoms with Crippen LogP contribution in [0.15, 0.2) is 23.3 Å². The van der Waals surface area contributed by atoms with Crippen LogP contribution in [0.5, 0.6) is 0 Å². The van der Waals surface area contributed by atoms with E-state index in [0.29, 0.717) is 0 Å². The number of allylic oxidation sites excluding steroid dienone is 1. The summed E-state index contributed by atoms with van der Waals surface area (Å²) in [5.74, 6) is -0.169. The molecule has 1 heterocycles. The van der Waals surface area contributed by atoms with Crippen molar-refractivity contribution < 1.29 is 9.53 Å². The smallest absolute Gasteiger partial charge is 0.334 e. The predicted octanol–water partition coefficient (Wildman–Crippen LogP) is 2.99. The van der Waals surface area contributed by atoms with E-state index in [0.717, 1.165) is 18.4 Å². The Labute approximate surface area is 91.0 Å². The summed E-state index contributed by atoms with van der Waals surface area (Å²) in [7, 11) is 0. The first-order valence-corrected chi connectivity index (χ1v) is 5.49. The molecule has 1 atom stereocenters. The Morgan fingerprint density at radius 3 is 2.47 bits per heavy atom. The third-order valence-corrected chi connectivity index (χ3v) is 3.81. The fourth-order valence-corrected chi connectivity index (χ4v) is 2.67. The van der Waals surface area contributed by atoms with Gasteiger partial charge in [-0.1, -0.05) is 19.9 Å². The molecule has 0 saturated carbocycles. The minimum Gasteiger partial charge on any atom is -0.446 e. The Morgan fingerprint density at radius 2 is 2.00 bits per heavy atom. The Morgan fingerprint density at radius 1 is 1.33 bits per heavy atom. The van der Waals surface area contributed by atoms with E-state index in [1.807, 2.05) is 13.0 Å². The van der Waals surface area contributed by atoms with Gasteiger partial charge in [-0.3, -0.25) is 0 Å². The molecule has 2 aliphatic rings. The van der Waals surface area contributed by atoms with Crippen LogP contribution in [0.3, 0.4) is 0 Å². The molecule has 1 spiro atoms. The number of esters is 1. The number of hydrogen-bond acceptors (Lipinski definition) is 2. The van der Waals surface area contributed by atoms with Gasteiger partial charge in [0.25, 0.3) is 0 Å². The molecule has 0 radical (unpaired) electrons. The summed E-state index contributed by atoms with van der Waals surface area (Å²) < 4.78 is 5.63. The molecule has 2 heteroatoms. The maximum absolute atomic E-state index is 11.6. The molecule has 0 aromatic rings. The third kappa shape index (κ3) is 1.27. The Hall–Kier alpha value is -1.05. The first kappa shape index (κ1) is 10.5. The topological polar surface area (TPSA) is 26.3 Å². The van der Waals surface area contributed by atoms with Gasteiger partial charge in [0.1, 0.15) is 0 Å². The molecule has 0 aromatic carbocycles. The molecule has 82 valence electrons. The second-order valence-electron chi connectivity index (χ2n) is 5.26. The molecule has 0 fully saturated rings. The first-order chi connectivity index (χ1) is 6.89. The van der Waals surface area contributed by atoms with E-state index < -0.39 is 5.60 Å². The highest BCUT2D eigenvalue weighted by atomic mass is 16.6. The van der Waals surface area contributed by atoms with Gasteiger partial charge in [-0.2, -0.15) is 0 Å². The summed E-state index contributed by atoms with van der Waals surface area (Å²) in [6.07, 6.45) is 6.32. The van der Waals surface area contributed by atoms with Crippen LogP contribution in [0.4, 0.5) is 0 Å². The standard InChI is InChI=1S/C13H18O2/c1-9-8-13(15-11(9)14)10(2)6-5-7-12(13,3)4/h6,8H,5,7H2,1-4H3. The summed E-state index contributed by atoms with van der Waals surface area (Å²) in [5.41, 5.74) is 1.42. The molecule has 1 aliphatic carbocycles. The first-order valence-electron chi connectivity index (χ1n) is 5.49. The Balaban J connectivity index is 2.54. The maximum Gasteiger partial charge on any atom is 0.334 e. The highest BCUT2D eigenvalue weighted by Crippen LogP contribution is 2.50. The zero-order chi connectivity index (χ0) is 11.3. The van der Waals surface area contributed by atoms with Crippen LogP contribution in [0.2, 0.25) is 0 Å². The molecule has 0 saturated heterocycles. The van der Waals surface area contributed by atoms with Crippen molar-refractivity contribution in [2.24, 2.45) is 5.41 Å². The van der Waals surface area contributed by atoms with Crippen molar-refractivity contribution in [1.82, 2.24) is 0 Å². The fraction of sp³-hybridized carbons (Fsp3) is 0.615. The average Bonchev–Trinajstić information content (AvgIpc) is 2.42. The number of ether oxygens (including phenoxy) is 1. The van der Waals surface area contributed by atoms with E-state index in [1.54, 1.807) is 0 Å². The highest BCUT2D eigenvalue weighted by molar-refractivity contribution is 5.91. The lowest BCUT2D eigenvalue weighted by molar-refractivity contribution is -0.152. The molecular formula is C13H18O2. The minimum atomic E-state index is -0.480. The van der Waals surface area contributed by atoms with Crippen LogP contribution < -0.4 is 0 Å². The van der Waals surface area contributed by atoms with Gasteiger partial charge >= 0.3 is 5.97 Å². The molecule has 2 rings (SSSR count). The van der Waals surface area contributed by atoms with Crippen molar-refractivity contribution in [3.63, 3.8) is 0 Å². The number of hydrogen-bond donors (Lipinski definition) is 0. The van der Waals surface area contributed by atoms with Gasteiger partial charge in [-0.15, -0.1) is 0 Å². The summed E-state index contributed by atoms with van der Waals surface area (Å²) in [6.45, 7) is 8.23. The maximum atomic E-state index is 11.6. The Bertz CT molecular complexity index is 374. The normalized spacial score (nSPS) is 33.7. The zero-order valence-electron chi connectivity index (χ0n) is 9.89. The molecular weight excluding hydrogens is 188 g/mol. The minimum absolute atomic E-state index is 0.000741. The predicted molar refractivity (Wildman–Crippen MR) is 59.4 cm³/mol. The second kappa shape index (κ2) is 2.97. The van der Waals surface area contributed by atoms with E-state index in [1.165, 1.54) is 5.57 Å². The van der Waals surface area contributed by atoms with Crippen LogP contribution in [-0.4, -0.2) is 11.6 Å². The third-order valence-electron chi connectivity index (χ3n) is 3.81. The van der Waals surface area contributed by atoms with E-state index >= 15 is 0 Å². The summed E-state index contributed by atoms with van der Waals surface area (Å²) in [5, 5.41) is 0. The van der Waals surface area contributed by atoms with Crippen LogP contribution in [-0.2, 0) is 9.53 Å². The second-order valence-corrected chi connectivity index (χ2v) is 5.26. The molecule has 1 unspecified atom stereocenters. The molecule has 1 aliphatic heterocycles. The molecule has 0 N–H and O–H groups in total.